The molecule has 1 N–H and O–H groups in total. The van der Waals surface area contributed by atoms with Crippen LogP contribution in [0.5, 0.6) is 0 Å². The van der Waals surface area contributed by atoms with E-state index in [1.54, 1.807) is 0 Å². The summed E-state index contributed by atoms with van der Waals surface area (Å²) in [6, 6.07) is 0. The molecule has 58 valence electrons. The second kappa shape index (κ2) is 3.77. The van der Waals surface area contributed by atoms with Crippen molar-refractivity contribution < 1.29 is 5.11 Å². The summed E-state index contributed by atoms with van der Waals surface area (Å²) in [6.07, 6.45) is 7.00. The van der Waals surface area contributed by atoms with Crippen LogP contribution in [0, 0.1) is 5.92 Å². The lowest BCUT2D eigenvalue weighted by Crippen LogP contribution is -2.03. The van der Waals surface area contributed by atoms with E-state index in [9.17, 15) is 0 Å². The molecule has 1 aliphatic rings. The van der Waals surface area contributed by atoms with E-state index in [1.165, 1.54) is 24.8 Å². The van der Waals surface area contributed by atoms with E-state index in [1.807, 2.05) is 0 Å². The lowest BCUT2D eigenvalue weighted by atomic mass is 10.0. The van der Waals surface area contributed by atoms with Gasteiger partial charge < -0.3 is 5.11 Å². The van der Waals surface area contributed by atoms with Crippen molar-refractivity contribution in [3.63, 3.8) is 0 Å². The summed E-state index contributed by atoms with van der Waals surface area (Å²) in [4.78, 5) is 0. The Morgan fingerprint density at radius 1 is 1.60 bits per heavy atom. The van der Waals surface area contributed by atoms with Crippen molar-refractivity contribution in [2.45, 2.75) is 32.6 Å². The lowest BCUT2D eigenvalue weighted by molar-refractivity contribution is 0.213. The molecule has 0 aliphatic heterocycles. The van der Waals surface area contributed by atoms with Gasteiger partial charge in [0.25, 0.3) is 0 Å². The van der Waals surface area contributed by atoms with Crippen LogP contribution in [0.4, 0.5) is 0 Å². The molecular weight excluding hydrogens is 124 g/mol. The third kappa shape index (κ3) is 2.14. The maximum Gasteiger partial charge on any atom is 0.0459 e. The van der Waals surface area contributed by atoms with Crippen LogP contribution < -0.4 is 0 Å². The number of hydrogen-bond acceptors (Lipinski definition) is 1. The monoisotopic (exact) mass is 140 g/mol. The number of aliphatic hydroxyl groups is 1. The summed E-state index contributed by atoms with van der Waals surface area (Å²) in [7, 11) is 0. The molecule has 0 bridgehead atoms. The molecule has 1 atom stereocenters. The van der Waals surface area contributed by atoms with Gasteiger partial charge in [-0.15, -0.1) is 0 Å². The molecule has 0 aromatic carbocycles. The standard InChI is InChI=1S/C9H16O/c1-8-3-2-4-9(7-10)6-5-8/h3,9-10H,2,4-7H2,1H3. The Labute approximate surface area is 62.8 Å². The van der Waals surface area contributed by atoms with E-state index in [-0.39, 0.29) is 0 Å². The smallest absolute Gasteiger partial charge is 0.0459 e. The number of aliphatic hydroxyl groups excluding tert-OH is 1. The molecule has 0 heterocycles. The molecule has 10 heavy (non-hydrogen) atoms. The Kier molecular flexibility index (Phi) is 2.94. The SMILES string of the molecule is CC1=CCCC(CO)CC1. The van der Waals surface area contributed by atoms with Gasteiger partial charge in [-0.3, -0.25) is 0 Å². The van der Waals surface area contributed by atoms with Gasteiger partial charge in [-0.2, -0.15) is 0 Å². The van der Waals surface area contributed by atoms with Crippen molar-refractivity contribution in [2.75, 3.05) is 6.61 Å². The Morgan fingerprint density at radius 3 is 3.10 bits per heavy atom. The summed E-state index contributed by atoms with van der Waals surface area (Å²) < 4.78 is 0. The zero-order valence-corrected chi connectivity index (χ0v) is 6.64. The second-order valence-corrected chi connectivity index (χ2v) is 3.22. The Bertz CT molecular complexity index is 127. The van der Waals surface area contributed by atoms with Gasteiger partial charge in [0, 0.05) is 6.61 Å². The zero-order valence-electron chi connectivity index (χ0n) is 6.64. The van der Waals surface area contributed by atoms with E-state index in [0.29, 0.717) is 12.5 Å². The van der Waals surface area contributed by atoms with Crippen molar-refractivity contribution in [1.29, 1.82) is 0 Å². The molecule has 0 aromatic rings. The maximum atomic E-state index is 8.88. The number of rotatable bonds is 1. The van der Waals surface area contributed by atoms with E-state index < -0.39 is 0 Å². The van der Waals surface area contributed by atoms with Crippen LogP contribution in [0.15, 0.2) is 11.6 Å². The summed E-state index contributed by atoms with van der Waals surface area (Å²) in [5.74, 6) is 0.564. The largest absolute Gasteiger partial charge is 0.396 e. The Balaban J connectivity index is 2.36. The van der Waals surface area contributed by atoms with Gasteiger partial charge in [0.05, 0.1) is 0 Å². The minimum Gasteiger partial charge on any atom is -0.396 e. The van der Waals surface area contributed by atoms with Crippen LogP contribution in [0.1, 0.15) is 32.6 Å². The van der Waals surface area contributed by atoms with Gasteiger partial charge in [0.2, 0.25) is 0 Å². The predicted octanol–water partition coefficient (Wildman–Crippen LogP) is 2.12. The Hall–Kier alpha value is -0.300. The highest BCUT2D eigenvalue weighted by Gasteiger charge is 2.09. The zero-order chi connectivity index (χ0) is 7.40. The second-order valence-electron chi connectivity index (χ2n) is 3.22. The van der Waals surface area contributed by atoms with Crippen molar-refractivity contribution >= 4 is 0 Å². The van der Waals surface area contributed by atoms with Crippen molar-refractivity contribution in [3.05, 3.63) is 11.6 Å². The fraction of sp³-hybridized carbons (Fsp3) is 0.778. The highest BCUT2D eigenvalue weighted by atomic mass is 16.3. The van der Waals surface area contributed by atoms with Gasteiger partial charge >= 0.3 is 0 Å². The molecule has 0 saturated heterocycles. The first-order chi connectivity index (χ1) is 4.83. The van der Waals surface area contributed by atoms with E-state index in [4.69, 9.17) is 5.11 Å². The normalized spacial score (nSPS) is 27.4. The first kappa shape index (κ1) is 7.80. The molecule has 0 aromatic heterocycles. The van der Waals surface area contributed by atoms with Crippen molar-refractivity contribution in [3.8, 4) is 0 Å². The molecule has 1 rings (SSSR count). The van der Waals surface area contributed by atoms with Gasteiger partial charge in [-0.25, -0.2) is 0 Å². The van der Waals surface area contributed by atoms with Crippen LogP contribution in [0.25, 0.3) is 0 Å². The van der Waals surface area contributed by atoms with E-state index >= 15 is 0 Å². The predicted molar refractivity (Wildman–Crippen MR) is 42.8 cm³/mol. The van der Waals surface area contributed by atoms with Crippen LogP contribution >= 0.6 is 0 Å². The van der Waals surface area contributed by atoms with Crippen LogP contribution in [0.3, 0.4) is 0 Å². The van der Waals surface area contributed by atoms with Gasteiger partial charge in [0.1, 0.15) is 0 Å². The number of allylic oxidation sites excluding steroid dienone is 2. The fourth-order valence-corrected chi connectivity index (χ4v) is 1.43. The van der Waals surface area contributed by atoms with E-state index in [2.05, 4.69) is 13.0 Å². The van der Waals surface area contributed by atoms with Gasteiger partial charge in [-0.05, 0) is 38.5 Å². The molecule has 0 amide bonds. The minimum atomic E-state index is 0.376. The molecule has 1 heteroatoms. The van der Waals surface area contributed by atoms with Gasteiger partial charge in [-0.1, -0.05) is 11.6 Å². The molecule has 1 unspecified atom stereocenters. The van der Waals surface area contributed by atoms with Crippen LogP contribution in [0.2, 0.25) is 0 Å². The average molecular weight is 140 g/mol. The molecular formula is C9H16O. The summed E-state index contributed by atoms with van der Waals surface area (Å²) in [5, 5.41) is 8.88. The maximum absolute atomic E-state index is 8.88. The lowest BCUT2D eigenvalue weighted by Gasteiger charge is -2.08. The van der Waals surface area contributed by atoms with E-state index in [0.717, 1.165) is 6.42 Å². The topological polar surface area (TPSA) is 20.2 Å². The molecule has 0 radical (unpaired) electrons. The average Bonchev–Trinajstić information content (AvgIpc) is 2.14. The third-order valence-corrected chi connectivity index (χ3v) is 2.27. The number of hydrogen-bond donors (Lipinski definition) is 1. The summed E-state index contributed by atoms with van der Waals surface area (Å²) in [6.45, 7) is 2.56. The fourth-order valence-electron chi connectivity index (χ4n) is 1.43. The quantitative estimate of drug-likeness (QED) is 0.553. The molecule has 1 aliphatic carbocycles. The third-order valence-electron chi connectivity index (χ3n) is 2.27. The first-order valence-electron chi connectivity index (χ1n) is 4.09. The minimum absolute atomic E-state index is 0.376. The molecule has 0 fully saturated rings. The summed E-state index contributed by atoms with van der Waals surface area (Å²) in [5.41, 5.74) is 1.50. The van der Waals surface area contributed by atoms with Gasteiger partial charge in [0.15, 0.2) is 0 Å². The molecule has 0 spiro atoms. The summed E-state index contributed by atoms with van der Waals surface area (Å²) >= 11 is 0. The Morgan fingerprint density at radius 2 is 2.40 bits per heavy atom. The molecule has 1 nitrogen and oxygen atoms in total. The van der Waals surface area contributed by atoms with Crippen LogP contribution in [-0.2, 0) is 0 Å². The highest BCUT2D eigenvalue weighted by molar-refractivity contribution is 5.00. The van der Waals surface area contributed by atoms with Crippen LogP contribution in [-0.4, -0.2) is 11.7 Å². The molecule has 0 saturated carbocycles. The van der Waals surface area contributed by atoms with Crippen molar-refractivity contribution in [2.24, 2.45) is 5.92 Å². The van der Waals surface area contributed by atoms with Crippen molar-refractivity contribution in [1.82, 2.24) is 0 Å². The highest BCUT2D eigenvalue weighted by Crippen LogP contribution is 2.21. The first-order valence-corrected chi connectivity index (χ1v) is 4.09.